The first-order valence-corrected chi connectivity index (χ1v) is 13.2. The molecule has 0 bridgehead atoms. The highest BCUT2D eigenvalue weighted by Crippen LogP contribution is 2.66. The molecule has 5 rings (SSSR count). The number of allylic oxidation sites excluding steroid dienone is 2. The Kier molecular flexibility index (Phi) is 5.77. The number of hydrogen-bond donors (Lipinski definition) is 1. The average molecular weight is 586 g/mol. The number of fused-ring (bicyclic) bond motifs is 4. The third kappa shape index (κ3) is 2.92. The number of aromatic hydroxyl groups is 1. The van der Waals surface area contributed by atoms with Gasteiger partial charge in [-0.3, -0.25) is 29.0 Å². The summed E-state index contributed by atoms with van der Waals surface area (Å²) in [6.45, 7) is 1.98. The molecule has 2 aliphatic heterocycles. The van der Waals surface area contributed by atoms with Gasteiger partial charge in [0.05, 0.1) is 24.4 Å². The Morgan fingerprint density at radius 2 is 1.83 bits per heavy atom. The van der Waals surface area contributed by atoms with Gasteiger partial charge in [0.1, 0.15) is 0 Å². The van der Waals surface area contributed by atoms with Crippen LogP contribution in [0.1, 0.15) is 31.2 Å². The van der Waals surface area contributed by atoms with E-state index in [9.17, 15) is 24.3 Å². The molecule has 4 amide bonds. The zero-order valence-electron chi connectivity index (χ0n) is 19.0. The number of halogens is 3. The lowest BCUT2D eigenvalue weighted by Crippen LogP contribution is -2.60. The Balaban J connectivity index is 1.77. The molecule has 0 aromatic heterocycles. The number of benzene rings is 1. The van der Waals surface area contributed by atoms with Crippen LogP contribution in [-0.2, 0) is 19.2 Å². The van der Waals surface area contributed by atoms with Gasteiger partial charge in [-0.05, 0) is 31.7 Å². The lowest BCUT2D eigenvalue weighted by molar-refractivity contribution is -0.141. The summed E-state index contributed by atoms with van der Waals surface area (Å²) in [4.78, 5) is 51.8. The van der Waals surface area contributed by atoms with Gasteiger partial charge in [-0.15, -0.1) is 23.2 Å². The SMILES string of the molecule is CCN1C(=O)[C@H]2[C@H](CC=C3[C@H]2C[C@@]2(Cl)C(=O)N(CBr)C(=O)[C@@]2(Cl)[C@H]3c2cccc(OC)c2O)C1=O. The Bertz CT molecular complexity index is 1210. The molecular formula is C24H23BrCl2N2O6. The Labute approximate surface area is 220 Å². The fourth-order valence-electron chi connectivity index (χ4n) is 6.41. The maximum Gasteiger partial charge on any atom is 0.254 e. The zero-order chi connectivity index (χ0) is 25.4. The highest BCUT2D eigenvalue weighted by molar-refractivity contribution is 9.09. The van der Waals surface area contributed by atoms with Crippen LogP contribution in [-0.4, -0.2) is 67.4 Å². The van der Waals surface area contributed by atoms with Crippen molar-refractivity contribution in [2.45, 2.75) is 35.4 Å². The fraction of sp³-hybridized carbons (Fsp3) is 0.500. The van der Waals surface area contributed by atoms with Crippen LogP contribution in [0.2, 0.25) is 0 Å². The van der Waals surface area contributed by atoms with Gasteiger partial charge in [0.15, 0.2) is 21.2 Å². The number of imide groups is 2. The van der Waals surface area contributed by atoms with Crippen molar-refractivity contribution in [2.75, 3.05) is 19.1 Å². The van der Waals surface area contributed by atoms with E-state index in [1.165, 1.54) is 12.0 Å². The van der Waals surface area contributed by atoms with E-state index in [4.69, 9.17) is 27.9 Å². The third-order valence-electron chi connectivity index (χ3n) is 7.98. The molecule has 2 saturated heterocycles. The highest BCUT2D eigenvalue weighted by atomic mass is 79.9. The number of amides is 4. The summed E-state index contributed by atoms with van der Waals surface area (Å²) in [6, 6.07) is 4.81. The van der Waals surface area contributed by atoms with Gasteiger partial charge < -0.3 is 9.84 Å². The van der Waals surface area contributed by atoms with Gasteiger partial charge in [-0.25, -0.2) is 0 Å². The van der Waals surface area contributed by atoms with Crippen molar-refractivity contribution in [1.29, 1.82) is 0 Å². The van der Waals surface area contributed by atoms with E-state index in [2.05, 4.69) is 15.9 Å². The largest absolute Gasteiger partial charge is 0.504 e. The molecule has 0 radical (unpaired) electrons. The van der Waals surface area contributed by atoms with Crippen LogP contribution in [0.15, 0.2) is 29.8 Å². The molecule has 3 fully saturated rings. The van der Waals surface area contributed by atoms with Gasteiger partial charge in [-0.1, -0.05) is 39.7 Å². The van der Waals surface area contributed by atoms with Crippen LogP contribution in [0.25, 0.3) is 0 Å². The average Bonchev–Trinajstić information content (AvgIpc) is 3.17. The first-order chi connectivity index (χ1) is 16.6. The predicted octanol–water partition coefficient (Wildman–Crippen LogP) is 3.13. The number of phenols is 1. The molecular weight excluding hydrogens is 563 g/mol. The summed E-state index contributed by atoms with van der Waals surface area (Å²) in [6.07, 6.45) is 2.02. The smallest absolute Gasteiger partial charge is 0.254 e. The number of ether oxygens (including phenoxy) is 1. The van der Waals surface area contributed by atoms with E-state index in [0.29, 0.717) is 5.57 Å². The molecule has 1 aromatic rings. The number of nitrogens with zero attached hydrogens (tertiary/aromatic N) is 2. The van der Waals surface area contributed by atoms with Gasteiger partial charge in [0.25, 0.3) is 11.8 Å². The third-order valence-corrected chi connectivity index (χ3v) is 9.90. The number of alkyl halides is 3. The first kappa shape index (κ1) is 24.6. The fourth-order valence-corrected chi connectivity index (χ4v) is 7.83. The number of carbonyl (C=O) groups excluding carboxylic acids is 4. The summed E-state index contributed by atoms with van der Waals surface area (Å²) in [5, 5.41) is 11.1. The summed E-state index contributed by atoms with van der Waals surface area (Å²) in [5.74, 6) is -4.94. The summed E-state index contributed by atoms with van der Waals surface area (Å²) in [5.41, 5.74) is 0.777. The van der Waals surface area contributed by atoms with Crippen molar-refractivity contribution in [2.24, 2.45) is 17.8 Å². The minimum atomic E-state index is -1.96. The molecule has 0 unspecified atom stereocenters. The Hall–Kier alpha value is -2.10. The molecule has 2 aliphatic carbocycles. The van der Waals surface area contributed by atoms with Crippen LogP contribution in [0.5, 0.6) is 11.5 Å². The normalized spacial score (nSPS) is 36.2. The topological polar surface area (TPSA) is 104 Å². The molecule has 8 nitrogen and oxygen atoms in total. The van der Waals surface area contributed by atoms with Crippen molar-refractivity contribution in [1.82, 2.24) is 9.80 Å². The summed E-state index contributed by atoms with van der Waals surface area (Å²) < 4.78 is 5.28. The molecule has 35 heavy (non-hydrogen) atoms. The highest BCUT2D eigenvalue weighted by Gasteiger charge is 2.76. The van der Waals surface area contributed by atoms with Crippen LogP contribution < -0.4 is 4.74 Å². The second-order valence-corrected chi connectivity index (χ2v) is 11.0. The number of hydrogen-bond acceptors (Lipinski definition) is 6. The Morgan fingerprint density at radius 1 is 1.11 bits per heavy atom. The van der Waals surface area contributed by atoms with E-state index >= 15 is 0 Å². The Morgan fingerprint density at radius 3 is 2.46 bits per heavy atom. The molecule has 0 spiro atoms. The number of para-hydroxylation sites is 1. The minimum absolute atomic E-state index is 0.0864. The number of likely N-dealkylation sites (tertiary alicyclic amines) is 2. The second kappa shape index (κ2) is 8.21. The van der Waals surface area contributed by atoms with Crippen molar-refractivity contribution >= 4 is 62.8 Å². The van der Waals surface area contributed by atoms with Crippen molar-refractivity contribution < 1.29 is 29.0 Å². The summed E-state index contributed by atoms with van der Waals surface area (Å²) in [7, 11) is 1.40. The predicted molar refractivity (Wildman–Crippen MR) is 130 cm³/mol. The number of carbonyl (C=O) groups is 4. The molecule has 1 N–H and O–H groups in total. The van der Waals surface area contributed by atoms with E-state index in [1.807, 2.05) is 6.08 Å². The maximum atomic E-state index is 13.7. The zero-order valence-corrected chi connectivity index (χ0v) is 22.1. The maximum absolute atomic E-state index is 13.7. The van der Waals surface area contributed by atoms with E-state index in [0.717, 1.165) is 4.90 Å². The van der Waals surface area contributed by atoms with Gasteiger partial charge in [0, 0.05) is 18.0 Å². The number of methoxy groups -OCH3 is 1. The molecule has 2 heterocycles. The van der Waals surface area contributed by atoms with Gasteiger partial charge in [-0.2, -0.15) is 0 Å². The molecule has 1 aromatic carbocycles. The van der Waals surface area contributed by atoms with Crippen molar-refractivity contribution in [3.8, 4) is 11.5 Å². The molecule has 186 valence electrons. The van der Waals surface area contributed by atoms with Gasteiger partial charge in [0.2, 0.25) is 11.8 Å². The molecule has 4 aliphatic rings. The quantitative estimate of drug-likeness (QED) is 0.252. The van der Waals surface area contributed by atoms with E-state index in [-0.39, 0.29) is 53.7 Å². The lowest BCUT2D eigenvalue weighted by Gasteiger charge is -2.50. The van der Waals surface area contributed by atoms with Crippen molar-refractivity contribution in [3.05, 3.63) is 35.4 Å². The summed E-state index contributed by atoms with van der Waals surface area (Å²) >= 11 is 17.4. The standard InChI is InChI=1S/C24H23BrCl2N2O6/c1-3-28-19(31)12-8-7-11-14(16(12)20(28)32)9-23(26)21(33)29(10-25)22(34)24(23,27)17(11)13-5-4-6-15(35-2)18(13)30/h4-7,12,14,16-17,30H,3,8-10H2,1-2H3/t12-,14+,16-,17+,23+,24-/m0/s1. The monoisotopic (exact) mass is 584 g/mol. The van der Waals surface area contributed by atoms with Crippen LogP contribution in [0.3, 0.4) is 0 Å². The molecule has 6 atom stereocenters. The van der Waals surface area contributed by atoms with Crippen LogP contribution in [0, 0.1) is 17.8 Å². The van der Waals surface area contributed by atoms with E-state index in [1.54, 1.807) is 25.1 Å². The van der Waals surface area contributed by atoms with Gasteiger partial charge >= 0.3 is 0 Å². The van der Waals surface area contributed by atoms with Crippen LogP contribution in [0.4, 0.5) is 0 Å². The minimum Gasteiger partial charge on any atom is -0.504 e. The second-order valence-electron chi connectivity index (χ2n) is 9.31. The lowest BCUT2D eigenvalue weighted by atomic mass is 9.56. The first-order valence-electron chi connectivity index (χ1n) is 11.3. The van der Waals surface area contributed by atoms with E-state index < -0.39 is 45.2 Å². The number of phenolic OH excluding ortho intramolecular Hbond substituents is 1. The van der Waals surface area contributed by atoms with Crippen molar-refractivity contribution in [3.63, 3.8) is 0 Å². The molecule has 1 saturated carbocycles. The number of rotatable bonds is 4. The van der Waals surface area contributed by atoms with Crippen LogP contribution >= 0.6 is 39.1 Å². The molecule has 11 heteroatoms.